The number of amides is 1. The van der Waals surface area contributed by atoms with E-state index in [1.54, 1.807) is 0 Å². The second kappa shape index (κ2) is 7.05. The molecule has 0 aliphatic carbocycles. The molecule has 4 rings (SSSR count). The Labute approximate surface area is 138 Å². The first kappa shape index (κ1) is 15.8. The van der Waals surface area contributed by atoms with Gasteiger partial charge in [-0.05, 0) is 24.7 Å². The van der Waals surface area contributed by atoms with E-state index in [1.165, 1.54) is 0 Å². The maximum Gasteiger partial charge on any atom is 0.228 e. The highest BCUT2D eigenvalue weighted by Gasteiger charge is 2.46. The molecule has 3 atom stereocenters. The molecule has 23 heavy (non-hydrogen) atoms. The number of nitrogens with zero attached hydrogens (tertiary/aromatic N) is 2. The van der Waals surface area contributed by atoms with Crippen molar-refractivity contribution in [1.82, 2.24) is 9.80 Å². The molecule has 6 nitrogen and oxygen atoms in total. The van der Waals surface area contributed by atoms with Crippen molar-refractivity contribution in [3.8, 4) is 0 Å². The van der Waals surface area contributed by atoms with E-state index < -0.39 is 0 Å². The number of carbonyl (C=O) groups is 1. The third-order valence-electron chi connectivity index (χ3n) is 6.01. The molecule has 0 radical (unpaired) electrons. The lowest BCUT2D eigenvalue weighted by atomic mass is 9.82. The molecule has 4 aliphatic rings. The molecule has 4 saturated heterocycles. The van der Waals surface area contributed by atoms with E-state index in [0.717, 1.165) is 58.8 Å². The molecule has 0 bridgehead atoms. The average molecular weight is 324 g/mol. The first-order valence-electron chi connectivity index (χ1n) is 9.09. The van der Waals surface area contributed by atoms with Crippen LogP contribution in [-0.4, -0.2) is 87.6 Å². The van der Waals surface area contributed by atoms with E-state index in [4.69, 9.17) is 14.2 Å². The van der Waals surface area contributed by atoms with Crippen LogP contribution in [-0.2, 0) is 19.0 Å². The number of fused-ring (bicyclic) bond motifs is 1. The minimum Gasteiger partial charge on any atom is -0.381 e. The van der Waals surface area contributed by atoms with E-state index >= 15 is 0 Å². The van der Waals surface area contributed by atoms with Gasteiger partial charge in [0.05, 0.1) is 32.3 Å². The summed E-state index contributed by atoms with van der Waals surface area (Å²) in [4.78, 5) is 17.5. The van der Waals surface area contributed by atoms with Gasteiger partial charge in [0.1, 0.15) is 0 Å². The Kier molecular flexibility index (Phi) is 4.85. The maximum atomic E-state index is 12.9. The molecule has 0 spiro atoms. The fraction of sp³-hybridized carbons (Fsp3) is 0.941. The molecule has 0 N–H and O–H groups in total. The predicted octanol–water partition coefficient (Wildman–Crippen LogP) is 0.219. The van der Waals surface area contributed by atoms with Crippen LogP contribution in [0.1, 0.15) is 12.8 Å². The number of hydrogen-bond acceptors (Lipinski definition) is 5. The highest BCUT2D eigenvalue weighted by atomic mass is 16.5. The van der Waals surface area contributed by atoms with Gasteiger partial charge in [0.25, 0.3) is 0 Å². The molecule has 4 heterocycles. The van der Waals surface area contributed by atoms with Crippen LogP contribution in [0, 0.1) is 17.8 Å². The number of ether oxygens (including phenoxy) is 3. The van der Waals surface area contributed by atoms with Crippen molar-refractivity contribution in [1.29, 1.82) is 0 Å². The van der Waals surface area contributed by atoms with Crippen molar-refractivity contribution in [3.05, 3.63) is 0 Å². The Hall–Kier alpha value is -0.690. The monoisotopic (exact) mass is 324 g/mol. The van der Waals surface area contributed by atoms with Gasteiger partial charge in [-0.3, -0.25) is 9.69 Å². The normalized spacial score (nSPS) is 36.9. The van der Waals surface area contributed by atoms with Gasteiger partial charge < -0.3 is 19.1 Å². The van der Waals surface area contributed by atoms with Crippen LogP contribution in [0.25, 0.3) is 0 Å². The van der Waals surface area contributed by atoms with Gasteiger partial charge >= 0.3 is 0 Å². The minimum absolute atomic E-state index is 0.0386. The SMILES string of the molecule is O=C([C@@H]1COC[C@H]2CN(C3CCOCC3)C[C@H]21)N1CCOCC1. The number of morpholine rings is 1. The van der Waals surface area contributed by atoms with Gasteiger partial charge in [0, 0.05) is 45.4 Å². The summed E-state index contributed by atoms with van der Waals surface area (Å²) in [6, 6.07) is 0.633. The smallest absolute Gasteiger partial charge is 0.228 e. The topological polar surface area (TPSA) is 51.2 Å². The molecule has 0 aromatic rings. The van der Waals surface area contributed by atoms with Crippen molar-refractivity contribution in [3.63, 3.8) is 0 Å². The quantitative estimate of drug-likeness (QED) is 0.727. The van der Waals surface area contributed by atoms with Gasteiger partial charge in [-0.2, -0.15) is 0 Å². The van der Waals surface area contributed by atoms with Gasteiger partial charge in [0.2, 0.25) is 5.91 Å². The maximum absolute atomic E-state index is 12.9. The summed E-state index contributed by atoms with van der Waals surface area (Å²) in [6.45, 7) is 8.11. The van der Waals surface area contributed by atoms with Crippen LogP contribution in [0.2, 0.25) is 0 Å². The molecule has 1 amide bonds. The zero-order valence-corrected chi connectivity index (χ0v) is 13.8. The molecule has 130 valence electrons. The highest BCUT2D eigenvalue weighted by Crippen LogP contribution is 2.37. The Morgan fingerprint density at radius 1 is 0.870 bits per heavy atom. The lowest BCUT2D eigenvalue weighted by molar-refractivity contribution is -0.148. The summed E-state index contributed by atoms with van der Waals surface area (Å²) in [5.74, 6) is 1.30. The fourth-order valence-electron chi connectivity index (χ4n) is 4.65. The predicted molar refractivity (Wildman–Crippen MR) is 84.1 cm³/mol. The van der Waals surface area contributed by atoms with E-state index in [0.29, 0.717) is 37.7 Å². The largest absolute Gasteiger partial charge is 0.381 e. The number of rotatable bonds is 2. The number of carbonyl (C=O) groups excluding carboxylic acids is 1. The molecule has 6 heteroatoms. The minimum atomic E-state index is 0.0386. The molecule has 0 aromatic heterocycles. The Balaban J connectivity index is 1.41. The van der Waals surface area contributed by atoms with E-state index in [2.05, 4.69) is 4.90 Å². The van der Waals surface area contributed by atoms with Crippen LogP contribution in [0.3, 0.4) is 0 Å². The first-order valence-corrected chi connectivity index (χ1v) is 9.09. The van der Waals surface area contributed by atoms with Crippen molar-refractivity contribution in [2.45, 2.75) is 18.9 Å². The summed E-state index contributed by atoms with van der Waals surface area (Å²) in [5.41, 5.74) is 0. The zero-order valence-electron chi connectivity index (χ0n) is 13.8. The first-order chi connectivity index (χ1) is 11.3. The Morgan fingerprint density at radius 2 is 1.61 bits per heavy atom. The van der Waals surface area contributed by atoms with E-state index in [9.17, 15) is 4.79 Å². The van der Waals surface area contributed by atoms with Gasteiger partial charge in [-0.25, -0.2) is 0 Å². The van der Waals surface area contributed by atoms with Crippen LogP contribution >= 0.6 is 0 Å². The lowest BCUT2D eigenvalue weighted by Crippen LogP contribution is -2.49. The summed E-state index contributed by atoms with van der Waals surface area (Å²) >= 11 is 0. The van der Waals surface area contributed by atoms with Crippen LogP contribution < -0.4 is 0 Å². The van der Waals surface area contributed by atoms with E-state index in [-0.39, 0.29) is 11.8 Å². The second-order valence-corrected chi connectivity index (χ2v) is 7.30. The molecule has 4 aliphatic heterocycles. The fourth-order valence-corrected chi connectivity index (χ4v) is 4.65. The van der Waals surface area contributed by atoms with Crippen LogP contribution in [0.4, 0.5) is 0 Å². The average Bonchev–Trinajstić information content (AvgIpc) is 3.07. The number of likely N-dealkylation sites (tertiary alicyclic amines) is 1. The summed E-state index contributed by atoms with van der Waals surface area (Å²) < 4.78 is 16.7. The third-order valence-corrected chi connectivity index (χ3v) is 6.01. The third kappa shape index (κ3) is 3.27. The van der Waals surface area contributed by atoms with Crippen molar-refractivity contribution in [2.75, 3.05) is 65.8 Å². The summed E-state index contributed by atoms with van der Waals surface area (Å²) in [6.07, 6.45) is 2.25. The van der Waals surface area contributed by atoms with Crippen LogP contribution in [0.15, 0.2) is 0 Å². The number of hydrogen-bond donors (Lipinski definition) is 0. The molecule has 0 unspecified atom stereocenters. The second-order valence-electron chi connectivity index (χ2n) is 7.30. The van der Waals surface area contributed by atoms with Gasteiger partial charge in [-0.1, -0.05) is 0 Å². The van der Waals surface area contributed by atoms with Crippen molar-refractivity contribution < 1.29 is 19.0 Å². The van der Waals surface area contributed by atoms with Gasteiger partial charge in [0.15, 0.2) is 0 Å². The molecule has 0 saturated carbocycles. The Morgan fingerprint density at radius 3 is 2.39 bits per heavy atom. The molecular formula is C17H28N2O4. The Bertz CT molecular complexity index is 421. The lowest BCUT2D eigenvalue weighted by Gasteiger charge is -2.37. The zero-order chi connectivity index (χ0) is 15.6. The molecular weight excluding hydrogens is 296 g/mol. The van der Waals surface area contributed by atoms with Gasteiger partial charge in [-0.15, -0.1) is 0 Å². The summed E-state index contributed by atoms with van der Waals surface area (Å²) in [7, 11) is 0. The standard InChI is InChI=1S/C17H28N2O4/c20-17(18-3-7-22-8-4-18)16-12-23-11-13-9-19(10-15(13)16)14-1-5-21-6-2-14/h13-16H,1-12H2/t13-,15-,16-/m1/s1. The molecule has 4 fully saturated rings. The van der Waals surface area contributed by atoms with Crippen LogP contribution in [0.5, 0.6) is 0 Å². The summed E-state index contributed by atoms with van der Waals surface area (Å²) in [5, 5.41) is 0. The van der Waals surface area contributed by atoms with Crippen molar-refractivity contribution in [2.24, 2.45) is 17.8 Å². The highest BCUT2D eigenvalue weighted by molar-refractivity contribution is 5.79. The molecule has 0 aromatic carbocycles. The van der Waals surface area contributed by atoms with Crippen molar-refractivity contribution >= 4 is 5.91 Å². The van der Waals surface area contributed by atoms with E-state index in [1.807, 2.05) is 4.90 Å².